The molecule has 5 aromatic carbocycles. The van der Waals surface area contributed by atoms with Crippen molar-refractivity contribution in [3.8, 4) is 17.2 Å². The van der Waals surface area contributed by atoms with Crippen molar-refractivity contribution < 1.29 is 90.5 Å². The van der Waals surface area contributed by atoms with Crippen LogP contribution in [0.4, 0.5) is 17.1 Å². The first-order chi connectivity index (χ1) is 50.5. The summed E-state index contributed by atoms with van der Waals surface area (Å²) in [5.74, 6) is -2.94. The number of carbonyl (C=O) groups is 8. The van der Waals surface area contributed by atoms with E-state index in [9.17, 15) is 38.4 Å². The normalized spacial score (nSPS) is 16.0. The van der Waals surface area contributed by atoms with E-state index in [2.05, 4.69) is 22.0 Å². The summed E-state index contributed by atoms with van der Waals surface area (Å²) in [5, 5.41) is 10.4. The molecule has 0 saturated carbocycles. The van der Waals surface area contributed by atoms with E-state index in [1.165, 1.54) is 12.7 Å². The monoisotopic (exact) mass is 1460 g/mol. The summed E-state index contributed by atoms with van der Waals surface area (Å²) in [7, 11) is 1.53. The molecule has 4 aliphatic heterocycles. The molecule has 5 atom stereocenters. The molecule has 0 saturated heterocycles. The van der Waals surface area contributed by atoms with Crippen LogP contribution in [0.25, 0.3) is 10.8 Å². The molecule has 0 radical (unpaired) electrons. The molecule has 28 heteroatoms. The van der Waals surface area contributed by atoms with Crippen molar-refractivity contribution in [2.24, 2.45) is 22.6 Å². The van der Waals surface area contributed by atoms with Crippen molar-refractivity contribution in [3.63, 3.8) is 0 Å². The molecule has 0 aromatic heterocycles. The topological polar surface area (TPSA) is 322 Å². The van der Waals surface area contributed by atoms with Crippen LogP contribution in [0.1, 0.15) is 85.0 Å². The minimum Gasteiger partial charge on any atom is -0.493 e. The van der Waals surface area contributed by atoms with Crippen LogP contribution < -0.4 is 40.8 Å². The number of imide groups is 1. The highest BCUT2D eigenvalue weighted by Crippen LogP contribution is 2.46. The van der Waals surface area contributed by atoms with Gasteiger partial charge in [0.2, 0.25) is 29.5 Å². The number of nitrogens with two attached hydrogens (primary N) is 1. The molecule has 4 aliphatic rings. The maximum Gasteiger partial charge on any atom is 0.257 e. The number of rotatable bonds is 46. The highest BCUT2D eigenvalue weighted by atomic mass is 35.5. The van der Waals surface area contributed by atoms with Gasteiger partial charge in [-0.3, -0.25) is 48.2 Å². The van der Waals surface area contributed by atoms with Gasteiger partial charge in [-0.2, -0.15) is 0 Å². The number of primary amides is 1. The van der Waals surface area contributed by atoms with Gasteiger partial charge in [0.1, 0.15) is 18.4 Å². The van der Waals surface area contributed by atoms with E-state index in [0.717, 1.165) is 50.2 Å². The van der Waals surface area contributed by atoms with E-state index in [4.69, 9.17) is 74.4 Å². The van der Waals surface area contributed by atoms with Crippen molar-refractivity contribution in [2.75, 3.05) is 149 Å². The van der Waals surface area contributed by atoms with Crippen molar-refractivity contribution in [3.05, 3.63) is 131 Å². The van der Waals surface area contributed by atoms with Crippen LogP contribution in [-0.2, 0) is 91.0 Å². The van der Waals surface area contributed by atoms with Gasteiger partial charge in [-0.25, -0.2) is 0 Å². The Morgan fingerprint density at radius 3 is 1.84 bits per heavy atom. The van der Waals surface area contributed by atoms with E-state index < -0.39 is 53.4 Å². The summed E-state index contributed by atoms with van der Waals surface area (Å²) < 4.78 is 62.9. The number of ether oxygens (including phenoxy) is 11. The molecule has 560 valence electrons. The first kappa shape index (κ1) is 79.2. The first-order valence-corrected chi connectivity index (χ1v) is 35.8. The van der Waals surface area contributed by atoms with E-state index in [0.29, 0.717) is 139 Å². The van der Waals surface area contributed by atoms with Crippen LogP contribution in [0.3, 0.4) is 0 Å². The molecule has 0 aliphatic carbocycles. The van der Waals surface area contributed by atoms with Crippen LogP contribution >= 0.6 is 11.6 Å². The summed E-state index contributed by atoms with van der Waals surface area (Å²) >= 11 is 6.64. The van der Waals surface area contributed by atoms with Crippen LogP contribution in [-0.4, -0.2) is 220 Å². The fraction of sp³-hybridized carbons (Fsp3) is 0.487. The molecule has 5 N–H and O–H groups in total. The minimum atomic E-state index is -1.02. The largest absolute Gasteiger partial charge is 0.493 e. The second-order valence-electron chi connectivity index (χ2n) is 25.6. The van der Waals surface area contributed by atoms with Gasteiger partial charge in [0.05, 0.1) is 154 Å². The Hall–Kier alpha value is -8.90. The predicted molar refractivity (Wildman–Crippen MR) is 388 cm³/mol. The van der Waals surface area contributed by atoms with Gasteiger partial charge in [-0.05, 0) is 71.5 Å². The minimum absolute atomic E-state index is 0.104. The number of carbonyl (C=O) groups excluding carboxylic acids is 8. The SMILES string of the molecule is COc1cc2c(cc1OCCCC(=O)N1C[C@@H](CCl)c3c1cc(OCc1ccc(NC(=O)[C@H](C)NC(=O)[C@@H](C(C)C)C(COCCOCCOCCOCCOCCOCCOCCOCCC(N)=O)NC(=O)CCN4C(=O)C=CC4=O)cc1)c1ccccc31)N=C[C@@H]1Cc3ccccc3CN1C2=O. The molecule has 1 unspecified atom stereocenters. The fourth-order valence-corrected chi connectivity index (χ4v) is 12.7. The maximum atomic E-state index is 14.2. The molecule has 0 bridgehead atoms. The second-order valence-corrected chi connectivity index (χ2v) is 25.9. The highest BCUT2D eigenvalue weighted by Gasteiger charge is 2.38. The van der Waals surface area contributed by atoms with Gasteiger partial charge >= 0.3 is 0 Å². The van der Waals surface area contributed by atoms with Gasteiger partial charge in [0.15, 0.2) is 11.5 Å². The lowest BCUT2D eigenvalue weighted by molar-refractivity contribution is -0.137. The Kier molecular flexibility index (Phi) is 31.2. The number of methoxy groups -OCH3 is 1. The van der Waals surface area contributed by atoms with E-state index in [-0.39, 0.29) is 102 Å². The number of alkyl halides is 1. The van der Waals surface area contributed by atoms with Crippen LogP contribution in [0.15, 0.2) is 108 Å². The zero-order chi connectivity index (χ0) is 73.7. The van der Waals surface area contributed by atoms with Crippen LogP contribution in [0.5, 0.6) is 17.2 Å². The number of fused-ring (bicyclic) bond motifs is 6. The number of anilines is 2. The molecular weight excluding hydrogens is 1360 g/mol. The number of amides is 8. The molecule has 8 amide bonds. The average molecular weight is 1460 g/mol. The van der Waals surface area contributed by atoms with Gasteiger partial charge in [-0.1, -0.05) is 74.5 Å². The summed E-state index contributed by atoms with van der Waals surface area (Å²) in [4.78, 5) is 114. The number of aliphatic imine (C=N–C) groups is 1. The molecule has 0 spiro atoms. The van der Waals surface area contributed by atoms with Gasteiger partial charge in [0.25, 0.3) is 17.7 Å². The van der Waals surface area contributed by atoms with Crippen molar-refractivity contribution in [1.29, 1.82) is 0 Å². The quantitative estimate of drug-likeness (QED) is 0.0178. The van der Waals surface area contributed by atoms with E-state index in [1.54, 1.807) is 36.1 Å². The van der Waals surface area contributed by atoms with Crippen LogP contribution in [0.2, 0.25) is 0 Å². The Morgan fingerprint density at radius 2 is 1.23 bits per heavy atom. The number of hydrogen-bond donors (Lipinski definition) is 4. The predicted octanol–water partition coefficient (Wildman–Crippen LogP) is 6.76. The van der Waals surface area contributed by atoms with E-state index >= 15 is 0 Å². The van der Waals surface area contributed by atoms with Crippen LogP contribution in [0, 0.1) is 11.8 Å². The Morgan fingerprint density at radius 1 is 0.635 bits per heavy atom. The zero-order valence-corrected chi connectivity index (χ0v) is 60.2. The van der Waals surface area contributed by atoms with Crippen molar-refractivity contribution in [2.45, 2.75) is 90.1 Å². The second kappa shape index (κ2) is 41.0. The number of benzene rings is 5. The molecule has 4 heterocycles. The van der Waals surface area contributed by atoms with Gasteiger partial charge in [-0.15, -0.1) is 11.6 Å². The summed E-state index contributed by atoms with van der Waals surface area (Å²) in [6, 6.07) is 26.3. The zero-order valence-electron chi connectivity index (χ0n) is 59.4. The third-order valence-electron chi connectivity index (χ3n) is 17.9. The summed E-state index contributed by atoms with van der Waals surface area (Å²) in [6.45, 7) is 11.1. The molecule has 104 heavy (non-hydrogen) atoms. The number of nitrogens with one attached hydrogen (secondary N) is 3. The smallest absolute Gasteiger partial charge is 0.257 e. The molecule has 9 rings (SSSR count). The summed E-state index contributed by atoms with van der Waals surface area (Å²) in [5.41, 5.74) is 11.2. The number of halogens is 1. The van der Waals surface area contributed by atoms with Gasteiger partial charge in [0, 0.05) is 92.3 Å². The third-order valence-corrected chi connectivity index (χ3v) is 18.3. The van der Waals surface area contributed by atoms with Crippen molar-refractivity contribution >= 4 is 92.9 Å². The fourth-order valence-electron chi connectivity index (χ4n) is 12.5. The highest BCUT2D eigenvalue weighted by molar-refractivity contribution is 6.19. The standard InChI is InChI=1S/C76H95ClN8O19/c1-50(2)72(62(82-68(87)21-23-83-70(89)19-20-71(83)90)49-102-39-38-101-37-36-100-35-34-99-33-32-98-31-30-97-29-28-96-27-26-95-25-22-67(78)86)75(92)80-51(3)74(91)81-56-17-15-52(16-18-56)48-104-64-43-63-73(59-13-8-7-12-58(59)64)55(44-77)47-85(63)69(88)14-9-24-103-66-42-61-60(41-65(66)94-4)76(93)84-46-54-11-6-5-10-53(54)40-57(84)45-79-61/h5-8,10-13,15-20,41-43,45,50-51,55,57,62,72H,9,14,21-40,44,46-49H2,1-4H3,(H2,78,86)(H,80,92)(H,81,91)(H,82,87)/t51-,55+,57-,62?,72-/m0/s1. The maximum absolute atomic E-state index is 14.2. The molecule has 0 fully saturated rings. The Labute approximate surface area is 610 Å². The van der Waals surface area contributed by atoms with Gasteiger partial charge < -0.3 is 83.6 Å². The number of nitrogens with zero attached hydrogens (tertiary/aromatic N) is 4. The first-order valence-electron chi connectivity index (χ1n) is 35.3. The molecular formula is C76H95ClN8O19. The van der Waals surface area contributed by atoms with E-state index in [1.807, 2.05) is 85.6 Å². The van der Waals surface area contributed by atoms with Crippen molar-refractivity contribution in [1.82, 2.24) is 20.4 Å². The lowest BCUT2D eigenvalue weighted by atomic mass is 9.87. The Bertz CT molecular complexity index is 3780. The molecule has 27 nitrogen and oxygen atoms in total. The lowest BCUT2D eigenvalue weighted by Gasteiger charge is -2.34. The third kappa shape index (κ3) is 22.8. The summed E-state index contributed by atoms with van der Waals surface area (Å²) in [6.07, 6.45) is 5.29. The lowest BCUT2D eigenvalue weighted by Crippen LogP contribution is -2.54. The number of hydrogen-bond acceptors (Lipinski definition) is 20. The molecule has 5 aromatic rings. The average Bonchev–Trinajstić information content (AvgIpc) is 1.58. The Balaban J connectivity index is 0.708.